The Morgan fingerprint density at radius 3 is 2.32 bits per heavy atom. The van der Waals surface area contributed by atoms with Crippen LogP contribution in [0.25, 0.3) is 0 Å². The smallest absolute Gasteiger partial charge is 0.227 e. The maximum Gasteiger partial charge on any atom is 0.227 e. The molecular weight excluding hydrogens is 270 g/mol. The minimum Gasteiger partial charge on any atom is -0.326 e. The molecule has 0 aliphatic rings. The van der Waals surface area contributed by atoms with Gasteiger partial charge in [-0.2, -0.15) is 0 Å². The molecule has 2 heteroatoms. The molecule has 0 aromatic heterocycles. The topological polar surface area (TPSA) is 29.1 Å². The van der Waals surface area contributed by atoms with Crippen LogP contribution in [0.2, 0.25) is 0 Å². The fourth-order valence-electron chi connectivity index (χ4n) is 2.35. The number of aryl methyl sites for hydroxylation is 4. The Balaban J connectivity index is 1.88. The number of carbonyl (C=O) groups is 1. The standard InChI is InChI=1S/C20H25NO/c1-14-5-9-18(10-6-14)11-7-16(3)20(22)21-19-12-8-15(2)17(4)13-19/h5-6,8-10,12-13,16H,7,11H2,1-4H3,(H,21,22). The van der Waals surface area contributed by atoms with E-state index in [2.05, 4.69) is 50.4 Å². The molecule has 2 rings (SSSR count). The van der Waals surface area contributed by atoms with Crippen molar-refractivity contribution in [2.45, 2.75) is 40.5 Å². The van der Waals surface area contributed by atoms with Crippen LogP contribution in [-0.4, -0.2) is 5.91 Å². The van der Waals surface area contributed by atoms with Crippen molar-refractivity contribution in [3.8, 4) is 0 Å². The van der Waals surface area contributed by atoms with E-state index in [4.69, 9.17) is 0 Å². The molecule has 0 bridgehead atoms. The summed E-state index contributed by atoms with van der Waals surface area (Å²) in [5, 5.41) is 3.02. The first kappa shape index (κ1) is 16.3. The molecule has 2 aromatic rings. The van der Waals surface area contributed by atoms with Crippen LogP contribution in [0.3, 0.4) is 0 Å². The van der Waals surface area contributed by atoms with Crippen molar-refractivity contribution in [3.63, 3.8) is 0 Å². The predicted octanol–water partition coefficient (Wildman–Crippen LogP) is 4.82. The molecular formula is C20H25NO. The van der Waals surface area contributed by atoms with E-state index in [0.717, 1.165) is 18.5 Å². The summed E-state index contributed by atoms with van der Waals surface area (Å²) in [5.74, 6) is 0.0956. The number of carbonyl (C=O) groups excluding carboxylic acids is 1. The van der Waals surface area contributed by atoms with Gasteiger partial charge in [0.2, 0.25) is 5.91 Å². The van der Waals surface area contributed by atoms with Crippen LogP contribution in [-0.2, 0) is 11.2 Å². The minimum absolute atomic E-state index is 0.00270. The molecule has 1 N–H and O–H groups in total. The van der Waals surface area contributed by atoms with Crippen LogP contribution >= 0.6 is 0 Å². The number of hydrogen-bond acceptors (Lipinski definition) is 1. The Hall–Kier alpha value is -2.09. The summed E-state index contributed by atoms with van der Waals surface area (Å²) in [6.45, 7) is 8.21. The van der Waals surface area contributed by atoms with E-state index in [1.165, 1.54) is 22.3 Å². The van der Waals surface area contributed by atoms with Crippen molar-refractivity contribution in [2.24, 2.45) is 5.92 Å². The molecule has 0 spiro atoms. The van der Waals surface area contributed by atoms with Gasteiger partial charge in [0.15, 0.2) is 0 Å². The van der Waals surface area contributed by atoms with Crippen LogP contribution in [0.4, 0.5) is 5.69 Å². The number of rotatable bonds is 5. The average Bonchev–Trinajstić information content (AvgIpc) is 2.50. The van der Waals surface area contributed by atoms with E-state index >= 15 is 0 Å². The van der Waals surface area contributed by atoms with Gasteiger partial charge in [-0.15, -0.1) is 0 Å². The first-order valence-electron chi connectivity index (χ1n) is 7.89. The minimum atomic E-state index is 0.00270. The lowest BCUT2D eigenvalue weighted by Crippen LogP contribution is -2.21. The third-order valence-corrected chi connectivity index (χ3v) is 4.21. The predicted molar refractivity (Wildman–Crippen MR) is 93.2 cm³/mol. The van der Waals surface area contributed by atoms with E-state index in [1.807, 2.05) is 25.1 Å². The summed E-state index contributed by atoms with van der Waals surface area (Å²) in [5.41, 5.74) is 5.88. The largest absolute Gasteiger partial charge is 0.326 e. The van der Waals surface area contributed by atoms with Gasteiger partial charge in [0.1, 0.15) is 0 Å². The number of amides is 1. The fraction of sp³-hybridized carbons (Fsp3) is 0.350. The van der Waals surface area contributed by atoms with Gasteiger partial charge < -0.3 is 5.32 Å². The highest BCUT2D eigenvalue weighted by molar-refractivity contribution is 5.92. The normalized spacial score (nSPS) is 12.0. The molecule has 2 aromatic carbocycles. The molecule has 0 aliphatic heterocycles. The van der Waals surface area contributed by atoms with Crippen LogP contribution in [0, 0.1) is 26.7 Å². The molecule has 0 saturated carbocycles. The highest BCUT2D eigenvalue weighted by Gasteiger charge is 2.13. The van der Waals surface area contributed by atoms with Gasteiger partial charge in [0.05, 0.1) is 0 Å². The average molecular weight is 295 g/mol. The van der Waals surface area contributed by atoms with Crippen LogP contribution in [0.5, 0.6) is 0 Å². The van der Waals surface area contributed by atoms with E-state index in [9.17, 15) is 4.79 Å². The van der Waals surface area contributed by atoms with Crippen molar-refractivity contribution in [1.29, 1.82) is 0 Å². The maximum atomic E-state index is 12.3. The van der Waals surface area contributed by atoms with Crippen molar-refractivity contribution in [3.05, 3.63) is 64.7 Å². The molecule has 0 heterocycles. The molecule has 0 radical (unpaired) electrons. The molecule has 2 nitrogen and oxygen atoms in total. The summed E-state index contributed by atoms with van der Waals surface area (Å²) >= 11 is 0. The van der Waals surface area contributed by atoms with Gasteiger partial charge in [0, 0.05) is 11.6 Å². The summed E-state index contributed by atoms with van der Waals surface area (Å²) in [4.78, 5) is 12.3. The number of benzene rings is 2. The van der Waals surface area contributed by atoms with Crippen molar-refractivity contribution < 1.29 is 4.79 Å². The highest BCUT2D eigenvalue weighted by atomic mass is 16.1. The lowest BCUT2D eigenvalue weighted by atomic mass is 9.99. The van der Waals surface area contributed by atoms with Crippen molar-refractivity contribution in [2.75, 3.05) is 5.32 Å². The van der Waals surface area contributed by atoms with E-state index in [-0.39, 0.29) is 11.8 Å². The Morgan fingerprint density at radius 1 is 1.00 bits per heavy atom. The third-order valence-electron chi connectivity index (χ3n) is 4.21. The first-order valence-corrected chi connectivity index (χ1v) is 7.89. The number of nitrogens with one attached hydrogen (secondary N) is 1. The van der Waals surface area contributed by atoms with E-state index < -0.39 is 0 Å². The Labute approximate surface area is 133 Å². The molecule has 1 amide bonds. The van der Waals surface area contributed by atoms with Crippen molar-refractivity contribution >= 4 is 11.6 Å². The van der Waals surface area contributed by atoms with Crippen LogP contribution < -0.4 is 5.32 Å². The molecule has 0 fully saturated rings. The zero-order chi connectivity index (χ0) is 16.1. The van der Waals surface area contributed by atoms with Crippen LogP contribution in [0.1, 0.15) is 35.6 Å². The van der Waals surface area contributed by atoms with Gasteiger partial charge in [-0.1, -0.05) is 42.8 Å². The molecule has 22 heavy (non-hydrogen) atoms. The molecule has 1 atom stereocenters. The van der Waals surface area contributed by atoms with Gasteiger partial charge >= 0.3 is 0 Å². The zero-order valence-electron chi connectivity index (χ0n) is 13.9. The Kier molecular flexibility index (Phi) is 5.37. The van der Waals surface area contributed by atoms with E-state index in [1.54, 1.807) is 0 Å². The Bertz CT molecular complexity index is 643. The summed E-state index contributed by atoms with van der Waals surface area (Å²) in [6.07, 6.45) is 1.79. The molecule has 1 unspecified atom stereocenters. The SMILES string of the molecule is Cc1ccc(CCC(C)C(=O)Nc2ccc(C)c(C)c2)cc1. The maximum absolute atomic E-state index is 12.3. The lowest BCUT2D eigenvalue weighted by Gasteiger charge is -2.13. The molecule has 0 saturated heterocycles. The number of hydrogen-bond donors (Lipinski definition) is 1. The Morgan fingerprint density at radius 2 is 1.68 bits per heavy atom. The fourth-order valence-corrected chi connectivity index (χ4v) is 2.35. The summed E-state index contributed by atoms with van der Waals surface area (Å²) < 4.78 is 0. The van der Waals surface area contributed by atoms with Crippen molar-refractivity contribution in [1.82, 2.24) is 0 Å². The first-order chi connectivity index (χ1) is 10.5. The summed E-state index contributed by atoms with van der Waals surface area (Å²) in [7, 11) is 0. The summed E-state index contributed by atoms with van der Waals surface area (Å²) in [6, 6.07) is 14.6. The van der Waals surface area contributed by atoms with Gasteiger partial charge in [-0.25, -0.2) is 0 Å². The van der Waals surface area contributed by atoms with Gasteiger partial charge in [-0.05, 0) is 62.4 Å². The quantitative estimate of drug-likeness (QED) is 0.842. The highest BCUT2D eigenvalue weighted by Crippen LogP contribution is 2.17. The third kappa shape index (κ3) is 4.45. The molecule has 116 valence electrons. The second-order valence-electron chi connectivity index (χ2n) is 6.21. The lowest BCUT2D eigenvalue weighted by molar-refractivity contribution is -0.119. The van der Waals surface area contributed by atoms with Gasteiger partial charge in [0.25, 0.3) is 0 Å². The second-order valence-corrected chi connectivity index (χ2v) is 6.21. The van der Waals surface area contributed by atoms with Crippen LogP contribution in [0.15, 0.2) is 42.5 Å². The zero-order valence-corrected chi connectivity index (χ0v) is 13.9. The number of anilines is 1. The van der Waals surface area contributed by atoms with Gasteiger partial charge in [-0.3, -0.25) is 4.79 Å². The monoisotopic (exact) mass is 295 g/mol. The van der Waals surface area contributed by atoms with E-state index in [0.29, 0.717) is 0 Å². The second kappa shape index (κ2) is 7.26. The molecule has 0 aliphatic carbocycles.